The molecule has 0 aliphatic carbocycles. The number of hydrogen-bond acceptors (Lipinski definition) is 10. The van der Waals surface area contributed by atoms with Crippen LogP contribution in [0.5, 0.6) is 0 Å². The molecule has 14 heteroatoms. The predicted molar refractivity (Wildman–Crippen MR) is 148 cm³/mol. The van der Waals surface area contributed by atoms with E-state index in [2.05, 4.69) is 30.4 Å². The van der Waals surface area contributed by atoms with Crippen molar-refractivity contribution in [3.05, 3.63) is 59.6 Å². The zero-order chi connectivity index (χ0) is 28.4. The highest BCUT2D eigenvalue weighted by molar-refractivity contribution is 6.00. The minimum Gasteiger partial charge on any atom is -0.383 e. The highest BCUT2D eigenvalue weighted by atomic mass is 16.2. The van der Waals surface area contributed by atoms with Crippen molar-refractivity contribution in [1.82, 2.24) is 49.4 Å². The van der Waals surface area contributed by atoms with E-state index in [0.29, 0.717) is 35.6 Å². The standard InChI is InChI=1S/C27H28N12O2/c1-13-9-31-37(12-13)20-6-3-15(10-30-20)19-11-32-39-23(28)21(14(2)40)22(33-25(19)39)16-7-17-4-5-18(8-16)38(17)26(41)24-34-27(29)36-35-24/h3,6,9-12,16-18H,4-5,7-8,28H2,1-2H3,(H3,29,34,35,36)/t16-,17+,18-. The van der Waals surface area contributed by atoms with Crippen molar-refractivity contribution in [3.63, 3.8) is 0 Å². The van der Waals surface area contributed by atoms with Gasteiger partial charge in [0.15, 0.2) is 17.2 Å². The summed E-state index contributed by atoms with van der Waals surface area (Å²) in [5, 5.41) is 16.4. The van der Waals surface area contributed by atoms with Gasteiger partial charge in [-0.3, -0.25) is 9.59 Å². The number of rotatable bonds is 5. The first-order valence-electron chi connectivity index (χ1n) is 13.5. The zero-order valence-corrected chi connectivity index (χ0v) is 22.5. The molecule has 14 nitrogen and oxygen atoms in total. The van der Waals surface area contributed by atoms with E-state index >= 15 is 0 Å². The Labute approximate surface area is 233 Å². The topological polar surface area (TPSA) is 192 Å². The number of nitrogen functional groups attached to an aromatic ring is 2. The first kappa shape index (κ1) is 24.9. The quantitative estimate of drug-likeness (QED) is 0.273. The number of pyridine rings is 1. The third-order valence-corrected chi connectivity index (χ3v) is 8.13. The molecule has 0 unspecified atom stereocenters. The molecule has 0 spiro atoms. The Balaban J connectivity index is 1.25. The second-order valence-electron chi connectivity index (χ2n) is 10.8. The number of Topliss-reactive ketones (excluding diaryl/α,β-unsaturated/α-hetero) is 1. The predicted octanol–water partition coefficient (Wildman–Crippen LogP) is 2.32. The summed E-state index contributed by atoms with van der Waals surface area (Å²) in [5.41, 5.74) is 16.4. The van der Waals surface area contributed by atoms with Crippen molar-refractivity contribution in [2.45, 2.75) is 57.5 Å². The van der Waals surface area contributed by atoms with Crippen LogP contribution in [0.1, 0.15) is 70.8 Å². The van der Waals surface area contributed by atoms with Gasteiger partial charge in [0.25, 0.3) is 5.91 Å². The molecule has 208 valence electrons. The third-order valence-electron chi connectivity index (χ3n) is 8.13. The molecular formula is C27H28N12O2. The number of hydrogen-bond donors (Lipinski definition) is 3. The molecule has 41 heavy (non-hydrogen) atoms. The van der Waals surface area contributed by atoms with Gasteiger partial charge in [-0.15, -0.1) is 10.2 Å². The number of anilines is 2. The largest absolute Gasteiger partial charge is 0.383 e. The summed E-state index contributed by atoms with van der Waals surface area (Å²) in [6.45, 7) is 3.47. The Morgan fingerprint density at radius 3 is 2.41 bits per heavy atom. The minimum absolute atomic E-state index is 0.0244. The molecule has 1 amide bonds. The monoisotopic (exact) mass is 552 g/mol. The lowest BCUT2D eigenvalue weighted by Gasteiger charge is -2.38. The molecule has 5 aromatic rings. The van der Waals surface area contributed by atoms with Gasteiger partial charge in [0.2, 0.25) is 11.8 Å². The molecule has 2 fully saturated rings. The number of carbonyl (C=O) groups excluding carboxylic acids is 2. The average Bonchev–Trinajstić information content (AvgIpc) is 3.74. The Kier molecular flexibility index (Phi) is 5.59. The number of aryl methyl sites for hydroxylation is 1. The van der Waals surface area contributed by atoms with Crippen molar-refractivity contribution >= 4 is 29.1 Å². The van der Waals surface area contributed by atoms with Crippen molar-refractivity contribution in [3.8, 4) is 16.9 Å². The van der Waals surface area contributed by atoms with Gasteiger partial charge in [0.1, 0.15) is 5.82 Å². The van der Waals surface area contributed by atoms with Gasteiger partial charge in [0.05, 0.1) is 23.7 Å². The smallest absolute Gasteiger partial charge is 0.292 e. The highest BCUT2D eigenvalue weighted by Gasteiger charge is 2.46. The van der Waals surface area contributed by atoms with Crippen molar-refractivity contribution in [1.29, 1.82) is 0 Å². The van der Waals surface area contributed by atoms with Crippen LogP contribution < -0.4 is 11.5 Å². The number of aromatic nitrogens is 9. The lowest BCUT2D eigenvalue weighted by Crippen LogP contribution is -2.46. The number of nitrogens with one attached hydrogen (secondary N) is 1. The van der Waals surface area contributed by atoms with Crippen LogP contribution in [0.25, 0.3) is 22.6 Å². The summed E-state index contributed by atoms with van der Waals surface area (Å²) in [6, 6.07) is 3.77. The molecule has 2 aliphatic heterocycles. The number of carbonyl (C=O) groups is 2. The second kappa shape index (κ2) is 9.21. The Hall–Kier alpha value is -5.14. The van der Waals surface area contributed by atoms with Gasteiger partial charge < -0.3 is 21.4 Å². The molecule has 0 aromatic carbocycles. The van der Waals surface area contributed by atoms with Crippen LogP contribution in [0.3, 0.4) is 0 Å². The summed E-state index contributed by atoms with van der Waals surface area (Å²) in [7, 11) is 0. The average molecular weight is 553 g/mol. The molecule has 0 saturated carbocycles. The van der Waals surface area contributed by atoms with E-state index in [4.69, 9.17) is 16.5 Å². The SMILES string of the molecule is CC(=O)c1c([C@H]2C[C@H]3CC[C@@H](C2)N3C(=O)c2nnc(N)[nH]2)nc2c(-c3ccc(-n4cc(C)cn4)nc3)cnn2c1N. The molecule has 7 rings (SSSR count). The van der Waals surface area contributed by atoms with Crippen LogP contribution in [-0.2, 0) is 0 Å². The number of piperidine rings is 1. The lowest BCUT2D eigenvalue weighted by atomic mass is 9.85. The number of amides is 1. The van der Waals surface area contributed by atoms with Gasteiger partial charge in [-0.05, 0) is 57.2 Å². The third kappa shape index (κ3) is 4.01. The number of H-pyrrole nitrogens is 1. The normalized spacial score (nSPS) is 20.1. The fourth-order valence-electron chi connectivity index (χ4n) is 6.34. The van der Waals surface area contributed by atoms with E-state index in [1.165, 1.54) is 11.4 Å². The summed E-state index contributed by atoms with van der Waals surface area (Å²) in [6.07, 6.45) is 10.1. The molecule has 0 radical (unpaired) electrons. The number of aromatic amines is 1. The van der Waals surface area contributed by atoms with E-state index in [1.807, 2.05) is 30.2 Å². The van der Waals surface area contributed by atoms with Crippen LogP contribution in [0.15, 0.2) is 36.9 Å². The Morgan fingerprint density at radius 2 is 1.80 bits per heavy atom. The summed E-state index contributed by atoms with van der Waals surface area (Å²) < 4.78 is 3.23. The van der Waals surface area contributed by atoms with Crippen LogP contribution >= 0.6 is 0 Å². The first-order valence-corrected chi connectivity index (χ1v) is 13.5. The number of nitrogens with zero attached hydrogens (tertiary/aromatic N) is 9. The Morgan fingerprint density at radius 1 is 1.02 bits per heavy atom. The molecule has 5 N–H and O–H groups in total. The summed E-state index contributed by atoms with van der Waals surface area (Å²) in [5.74, 6) is 0.735. The van der Waals surface area contributed by atoms with Crippen molar-refractivity contribution in [2.75, 3.05) is 11.5 Å². The minimum atomic E-state index is -0.214. The molecule has 2 bridgehead atoms. The summed E-state index contributed by atoms with van der Waals surface area (Å²) in [4.78, 5) is 40.3. The first-order chi connectivity index (χ1) is 19.8. The fraction of sp³-hybridized carbons (Fsp3) is 0.333. The molecule has 7 heterocycles. The maximum absolute atomic E-state index is 13.2. The molecule has 5 aromatic heterocycles. The van der Waals surface area contributed by atoms with E-state index in [-0.39, 0.29) is 47.3 Å². The second-order valence-corrected chi connectivity index (χ2v) is 10.8. The van der Waals surface area contributed by atoms with Crippen LogP contribution in [0, 0.1) is 6.92 Å². The maximum atomic E-state index is 13.2. The number of ketones is 1. The van der Waals surface area contributed by atoms with Gasteiger partial charge in [-0.2, -0.15) is 14.7 Å². The van der Waals surface area contributed by atoms with Gasteiger partial charge in [-0.25, -0.2) is 14.6 Å². The van der Waals surface area contributed by atoms with Crippen molar-refractivity contribution < 1.29 is 9.59 Å². The fourth-order valence-corrected chi connectivity index (χ4v) is 6.34. The maximum Gasteiger partial charge on any atom is 0.292 e. The van der Waals surface area contributed by atoms with Gasteiger partial charge in [-0.1, -0.05) is 0 Å². The van der Waals surface area contributed by atoms with E-state index < -0.39 is 0 Å². The zero-order valence-electron chi connectivity index (χ0n) is 22.5. The van der Waals surface area contributed by atoms with Gasteiger partial charge >= 0.3 is 0 Å². The number of fused-ring (bicyclic) bond motifs is 3. The van der Waals surface area contributed by atoms with E-state index in [1.54, 1.807) is 23.3 Å². The van der Waals surface area contributed by atoms with E-state index in [0.717, 1.165) is 29.5 Å². The molecule has 3 atom stereocenters. The molecule has 2 saturated heterocycles. The summed E-state index contributed by atoms with van der Waals surface area (Å²) >= 11 is 0. The molecule has 2 aliphatic rings. The van der Waals surface area contributed by atoms with Crippen LogP contribution in [0.2, 0.25) is 0 Å². The van der Waals surface area contributed by atoms with Crippen molar-refractivity contribution in [2.24, 2.45) is 0 Å². The van der Waals surface area contributed by atoms with Crippen LogP contribution in [0.4, 0.5) is 11.8 Å². The lowest BCUT2D eigenvalue weighted by molar-refractivity contribution is 0.0556. The van der Waals surface area contributed by atoms with Crippen LogP contribution in [-0.4, -0.2) is 73.2 Å². The van der Waals surface area contributed by atoms with E-state index in [9.17, 15) is 9.59 Å². The van der Waals surface area contributed by atoms with Gasteiger partial charge in [0, 0.05) is 41.5 Å². The molecular weight excluding hydrogens is 524 g/mol. The highest BCUT2D eigenvalue weighted by Crippen LogP contribution is 2.45. The Bertz CT molecular complexity index is 1800. The number of nitrogens with two attached hydrogens (primary N) is 2.